The molecule has 138 valence electrons. The second kappa shape index (κ2) is 5.84. The van der Waals surface area contributed by atoms with Gasteiger partial charge < -0.3 is 4.74 Å². The minimum atomic E-state index is -0.146. The van der Waals surface area contributed by atoms with E-state index in [1.807, 2.05) is 0 Å². The Kier molecular flexibility index (Phi) is 4.10. The van der Waals surface area contributed by atoms with E-state index in [2.05, 4.69) is 13.8 Å². The Hall–Kier alpha value is -0.830. The number of fused-ring (bicyclic) bond motifs is 5. The molecule has 3 fully saturated rings. The lowest BCUT2D eigenvalue weighted by atomic mass is 9.47. The van der Waals surface area contributed by atoms with Gasteiger partial charge in [-0.15, -0.1) is 0 Å². The fourth-order valence-electron chi connectivity index (χ4n) is 7.00. The van der Waals surface area contributed by atoms with Crippen molar-refractivity contribution in [3.05, 3.63) is 10.6 Å². The van der Waals surface area contributed by atoms with Crippen LogP contribution >= 0.6 is 11.6 Å². The van der Waals surface area contributed by atoms with Crippen molar-refractivity contribution in [3.8, 4) is 0 Å². The van der Waals surface area contributed by atoms with Gasteiger partial charge in [0.05, 0.1) is 5.03 Å². The predicted octanol–water partition coefficient (Wildman–Crippen LogP) is 5.02. The van der Waals surface area contributed by atoms with E-state index in [1.165, 1.54) is 12.5 Å². The first-order valence-electron chi connectivity index (χ1n) is 9.87. The Morgan fingerprint density at radius 3 is 2.56 bits per heavy atom. The third kappa shape index (κ3) is 2.44. The maximum atomic E-state index is 12.1. The molecule has 3 saturated carbocycles. The molecule has 0 aliphatic heterocycles. The normalized spacial score (nSPS) is 46.3. The number of ketones is 1. The quantitative estimate of drug-likeness (QED) is 0.614. The van der Waals surface area contributed by atoms with Gasteiger partial charge >= 0.3 is 5.97 Å². The molecule has 4 heteroatoms. The summed E-state index contributed by atoms with van der Waals surface area (Å²) in [5.74, 6) is 1.92. The number of hydrogen-bond acceptors (Lipinski definition) is 3. The van der Waals surface area contributed by atoms with Gasteiger partial charge in [0.15, 0.2) is 5.78 Å². The summed E-state index contributed by atoms with van der Waals surface area (Å²) < 4.78 is 5.71. The van der Waals surface area contributed by atoms with Gasteiger partial charge in [-0.25, -0.2) is 0 Å². The SMILES string of the molecule is CC(=O)O[C@@H]1CCC2[C@H]3CCC4=C(Cl)C(=O)CC[C@@]4(C)C3CC[C@]21C. The van der Waals surface area contributed by atoms with Gasteiger partial charge in [0.1, 0.15) is 6.10 Å². The first-order chi connectivity index (χ1) is 11.8. The monoisotopic (exact) mass is 364 g/mol. The summed E-state index contributed by atoms with van der Waals surface area (Å²) in [6, 6.07) is 0. The van der Waals surface area contributed by atoms with E-state index in [0.717, 1.165) is 44.9 Å². The Bertz CT molecular complexity index is 654. The molecule has 4 rings (SSSR count). The third-order valence-corrected chi connectivity index (χ3v) is 8.71. The molecule has 3 nitrogen and oxygen atoms in total. The number of halogens is 1. The zero-order valence-corrected chi connectivity index (χ0v) is 16.3. The van der Waals surface area contributed by atoms with Crippen molar-refractivity contribution in [2.45, 2.75) is 78.2 Å². The molecule has 25 heavy (non-hydrogen) atoms. The Morgan fingerprint density at radius 2 is 1.84 bits per heavy atom. The van der Waals surface area contributed by atoms with Crippen molar-refractivity contribution in [3.63, 3.8) is 0 Å². The van der Waals surface area contributed by atoms with Crippen LogP contribution < -0.4 is 0 Å². The van der Waals surface area contributed by atoms with Crippen molar-refractivity contribution in [1.82, 2.24) is 0 Å². The Balaban J connectivity index is 1.65. The minimum Gasteiger partial charge on any atom is -0.462 e. The summed E-state index contributed by atoms with van der Waals surface area (Å²) in [6.07, 6.45) is 8.17. The summed E-state index contributed by atoms with van der Waals surface area (Å²) in [7, 11) is 0. The number of Topliss-reactive ketones (excluding diaryl/α,β-unsaturated/α-hetero) is 1. The second-order valence-corrected chi connectivity index (χ2v) is 9.65. The molecule has 4 aliphatic carbocycles. The fraction of sp³-hybridized carbons (Fsp3) is 0.810. The highest BCUT2D eigenvalue weighted by Crippen LogP contribution is 2.66. The molecule has 0 bridgehead atoms. The zero-order chi connectivity index (χ0) is 18.0. The van der Waals surface area contributed by atoms with Crippen LogP contribution in [0, 0.1) is 28.6 Å². The molecular weight excluding hydrogens is 336 g/mol. The molecule has 6 atom stereocenters. The van der Waals surface area contributed by atoms with E-state index in [0.29, 0.717) is 29.2 Å². The predicted molar refractivity (Wildman–Crippen MR) is 97.1 cm³/mol. The summed E-state index contributed by atoms with van der Waals surface area (Å²) in [6.45, 7) is 6.23. The van der Waals surface area contributed by atoms with Gasteiger partial charge in [0.2, 0.25) is 0 Å². The topological polar surface area (TPSA) is 43.4 Å². The zero-order valence-electron chi connectivity index (χ0n) is 15.6. The molecule has 0 amide bonds. The van der Waals surface area contributed by atoms with Crippen LogP contribution in [0.1, 0.15) is 72.1 Å². The molecule has 4 aliphatic rings. The minimum absolute atomic E-state index is 0.0808. The molecule has 0 aromatic heterocycles. The molecule has 0 spiro atoms. The third-order valence-electron chi connectivity index (χ3n) is 8.27. The maximum Gasteiger partial charge on any atom is 0.302 e. The van der Waals surface area contributed by atoms with E-state index >= 15 is 0 Å². The van der Waals surface area contributed by atoms with E-state index < -0.39 is 0 Å². The molecule has 0 aromatic carbocycles. The molecule has 0 N–H and O–H groups in total. The number of ether oxygens (including phenoxy) is 1. The van der Waals surface area contributed by atoms with Gasteiger partial charge in [0.25, 0.3) is 0 Å². The molecular formula is C21H29ClO3. The summed E-state index contributed by atoms with van der Waals surface area (Å²) in [5, 5.41) is 0.546. The van der Waals surface area contributed by atoms with E-state index in [1.54, 1.807) is 0 Å². The number of esters is 1. The van der Waals surface area contributed by atoms with Crippen LogP contribution in [0.15, 0.2) is 10.6 Å². The first kappa shape index (κ1) is 17.6. The maximum absolute atomic E-state index is 12.1. The highest BCUT2D eigenvalue weighted by atomic mass is 35.5. The molecule has 0 radical (unpaired) electrons. The van der Waals surface area contributed by atoms with Crippen molar-refractivity contribution >= 4 is 23.4 Å². The van der Waals surface area contributed by atoms with Crippen molar-refractivity contribution in [1.29, 1.82) is 0 Å². The van der Waals surface area contributed by atoms with E-state index in [4.69, 9.17) is 16.3 Å². The number of hydrogen-bond donors (Lipinski definition) is 0. The lowest BCUT2D eigenvalue weighted by Gasteiger charge is -2.58. The van der Waals surface area contributed by atoms with Crippen molar-refractivity contribution in [2.24, 2.45) is 28.6 Å². The molecule has 0 aromatic rings. The van der Waals surface area contributed by atoms with Gasteiger partial charge in [0, 0.05) is 18.8 Å². The number of rotatable bonds is 1. The smallest absolute Gasteiger partial charge is 0.302 e. The lowest BCUT2D eigenvalue weighted by molar-refractivity contribution is -0.157. The van der Waals surface area contributed by atoms with Gasteiger partial charge in [-0.3, -0.25) is 9.59 Å². The van der Waals surface area contributed by atoms with Crippen LogP contribution in [0.5, 0.6) is 0 Å². The average Bonchev–Trinajstić information content (AvgIpc) is 2.88. The number of carbonyl (C=O) groups excluding carboxylic acids is 2. The number of carbonyl (C=O) groups is 2. The Labute approximate surface area is 155 Å². The Morgan fingerprint density at radius 1 is 1.08 bits per heavy atom. The van der Waals surface area contributed by atoms with Crippen LogP contribution in [0.3, 0.4) is 0 Å². The molecule has 0 saturated heterocycles. The summed E-state index contributed by atoms with van der Waals surface area (Å²) >= 11 is 6.45. The van der Waals surface area contributed by atoms with Crippen LogP contribution in [0.25, 0.3) is 0 Å². The van der Waals surface area contributed by atoms with Crippen LogP contribution in [0.2, 0.25) is 0 Å². The van der Waals surface area contributed by atoms with E-state index in [-0.39, 0.29) is 28.7 Å². The summed E-state index contributed by atoms with van der Waals surface area (Å²) in [5.41, 5.74) is 1.46. The fourth-order valence-corrected chi connectivity index (χ4v) is 7.40. The standard InChI is InChI=1S/C21H29ClO3/c1-12(23)25-18-7-6-14-13-4-5-16-19(22)17(24)9-11-20(16,2)15(13)8-10-21(14,18)3/h13-15,18H,4-11H2,1-3H3/t13-,14?,15?,18-,20+,21-/m1/s1. The second-order valence-electron chi connectivity index (χ2n) is 9.27. The van der Waals surface area contributed by atoms with Crippen LogP contribution in [-0.2, 0) is 14.3 Å². The molecule has 2 unspecified atom stereocenters. The number of allylic oxidation sites excluding steroid dienone is 1. The van der Waals surface area contributed by atoms with Crippen molar-refractivity contribution in [2.75, 3.05) is 0 Å². The molecule has 0 heterocycles. The van der Waals surface area contributed by atoms with Gasteiger partial charge in [-0.2, -0.15) is 0 Å². The van der Waals surface area contributed by atoms with Crippen LogP contribution in [0.4, 0.5) is 0 Å². The summed E-state index contributed by atoms with van der Waals surface area (Å²) in [4.78, 5) is 23.6. The van der Waals surface area contributed by atoms with Crippen LogP contribution in [-0.4, -0.2) is 17.9 Å². The first-order valence-corrected chi connectivity index (χ1v) is 10.2. The largest absolute Gasteiger partial charge is 0.462 e. The lowest BCUT2D eigenvalue weighted by Crippen LogP contribution is -2.52. The highest BCUT2D eigenvalue weighted by molar-refractivity contribution is 6.43. The highest BCUT2D eigenvalue weighted by Gasteiger charge is 2.60. The average molecular weight is 365 g/mol. The van der Waals surface area contributed by atoms with Gasteiger partial charge in [-0.05, 0) is 73.7 Å². The van der Waals surface area contributed by atoms with E-state index in [9.17, 15) is 9.59 Å². The van der Waals surface area contributed by atoms with Gasteiger partial charge in [-0.1, -0.05) is 25.4 Å². The van der Waals surface area contributed by atoms with Crippen molar-refractivity contribution < 1.29 is 14.3 Å².